The van der Waals surface area contributed by atoms with E-state index in [1.807, 2.05) is 25.1 Å². The van der Waals surface area contributed by atoms with Gasteiger partial charge in [-0.1, -0.05) is 37.6 Å². The van der Waals surface area contributed by atoms with E-state index in [4.69, 9.17) is 21.1 Å². The molecule has 1 saturated carbocycles. The molecule has 45 heavy (non-hydrogen) atoms. The first-order valence-corrected chi connectivity index (χ1v) is 17.8. The van der Waals surface area contributed by atoms with Gasteiger partial charge in [-0.15, -0.1) is 0 Å². The number of anilines is 1. The number of methoxy groups -OCH3 is 1. The highest BCUT2D eigenvalue weighted by molar-refractivity contribution is 7.90. The average Bonchev–Trinajstić information content (AvgIpc) is 3.15. The summed E-state index contributed by atoms with van der Waals surface area (Å²) < 4.78 is 41.5. The summed E-state index contributed by atoms with van der Waals surface area (Å²) in [5.41, 5.74) is 1.68. The molecule has 10 heteroatoms. The lowest BCUT2D eigenvalue weighted by molar-refractivity contribution is -0.145. The van der Waals surface area contributed by atoms with Crippen LogP contribution in [0.5, 0.6) is 5.75 Å². The van der Waals surface area contributed by atoms with E-state index < -0.39 is 26.8 Å². The van der Waals surface area contributed by atoms with E-state index in [2.05, 4.69) is 28.7 Å². The van der Waals surface area contributed by atoms with Gasteiger partial charge in [-0.3, -0.25) is 9.59 Å². The smallest absolute Gasteiger partial charge is 0.264 e. The first kappa shape index (κ1) is 32.1. The van der Waals surface area contributed by atoms with Crippen molar-refractivity contribution < 1.29 is 27.5 Å². The molecule has 4 aliphatic rings. The molecule has 1 unspecified atom stereocenters. The number of amides is 1. The van der Waals surface area contributed by atoms with Crippen LogP contribution in [0.4, 0.5) is 5.69 Å². The number of benzene rings is 2. The Morgan fingerprint density at radius 2 is 1.93 bits per heavy atom. The van der Waals surface area contributed by atoms with Crippen LogP contribution < -0.4 is 14.4 Å². The Balaban J connectivity index is 1.49. The van der Waals surface area contributed by atoms with Gasteiger partial charge in [0.2, 0.25) is 10.0 Å². The van der Waals surface area contributed by atoms with Gasteiger partial charge in [-0.05, 0) is 104 Å². The van der Waals surface area contributed by atoms with E-state index in [1.165, 1.54) is 11.1 Å². The van der Waals surface area contributed by atoms with Crippen LogP contribution in [0.1, 0.15) is 74.4 Å². The summed E-state index contributed by atoms with van der Waals surface area (Å²) in [6.45, 7) is 7.34. The second kappa shape index (κ2) is 11.7. The Morgan fingerprint density at radius 1 is 1.13 bits per heavy atom. The van der Waals surface area contributed by atoms with Crippen LogP contribution in [0.2, 0.25) is 5.02 Å². The molecule has 0 radical (unpaired) electrons. The van der Waals surface area contributed by atoms with Crippen molar-refractivity contribution in [1.29, 1.82) is 0 Å². The van der Waals surface area contributed by atoms with Crippen LogP contribution in [0, 0.1) is 17.3 Å². The maximum Gasteiger partial charge on any atom is 0.264 e. The predicted octanol–water partition coefficient (Wildman–Crippen LogP) is 5.86. The van der Waals surface area contributed by atoms with E-state index in [-0.39, 0.29) is 28.2 Å². The summed E-state index contributed by atoms with van der Waals surface area (Å²) in [4.78, 5) is 28.6. The van der Waals surface area contributed by atoms with Gasteiger partial charge in [0.15, 0.2) is 6.29 Å². The highest BCUT2D eigenvalue weighted by Gasteiger charge is 2.55. The second-order valence-corrected chi connectivity index (χ2v) is 16.5. The summed E-state index contributed by atoms with van der Waals surface area (Å²) in [5, 5.41) is -0.132. The van der Waals surface area contributed by atoms with E-state index in [0.29, 0.717) is 36.9 Å². The van der Waals surface area contributed by atoms with Crippen molar-refractivity contribution in [1.82, 2.24) is 4.72 Å². The van der Waals surface area contributed by atoms with Crippen LogP contribution >= 0.6 is 11.6 Å². The minimum Gasteiger partial charge on any atom is -0.490 e. The lowest BCUT2D eigenvalue weighted by Crippen LogP contribution is -2.59. The zero-order valence-corrected chi connectivity index (χ0v) is 28.0. The van der Waals surface area contributed by atoms with Crippen LogP contribution in [0.25, 0.3) is 0 Å². The molecule has 2 bridgehead atoms. The highest BCUT2D eigenvalue weighted by Crippen LogP contribution is 2.55. The van der Waals surface area contributed by atoms with E-state index >= 15 is 0 Å². The maximum atomic E-state index is 13.5. The van der Waals surface area contributed by atoms with Crippen molar-refractivity contribution in [3.05, 3.63) is 70.3 Å². The molecular formula is C35H43ClN2O6S. The number of aryl methyl sites for hydroxylation is 1. The van der Waals surface area contributed by atoms with Gasteiger partial charge >= 0.3 is 0 Å². The molecule has 2 aliphatic heterocycles. The molecular weight excluding hydrogens is 612 g/mol. The number of fused-ring (bicyclic) bond motifs is 4. The third-order valence-electron chi connectivity index (χ3n) is 11.2. The van der Waals surface area contributed by atoms with Gasteiger partial charge in [0.1, 0.15) is 11.4 Å². The zero-order valence-electron chi connectivity index (χ0n) is 26.5. The van der Waals surface area contributed by atoms with Gasteiger partial charge < -0.3 is 14.4 Å². The molecule has 6 atom stereocenters. The van der Waals surface area contributed by atoms with Crippen molar-refractivity contribution in [2.75, 3.05) is 31.7 Å². The van der Waals surface area contributed by atoms with Gasteiger partial charge in [-0.2, -0.15) is 0 Å². The van der Waals surface area contributed by atoms with Crippen LogP contribution in [-0.4, -0.2) is 58.3 Å². The Bertz CT molecular complexity index is 1640. The Morgan fingerprint density at radius 3 is 2.64 bits per heavy atom. The Kier molecular flexibility index (Phi) is 8.36. The van der Waals surface area contributed by atoms with E-state index in [1.54, 1.807) is 32.2 Å². The molecule has 0 aromatic heterocycles. The Hall–Kier alpha value is -2.88. The molecule has 242 valence electrons. The minimum atomic E-state index is -3.98. The van der Waals surface area contributed by atoms with Gasteiger partial charge in [0.25, 0.3) is 5.91 Å². The van der Waals surface area contributed by atoms with Crippen LogP contribution in [0.15, 0.2) is 48.6 Å². The summed E-state index contributed by atoms with van der Waals surface area (Å²) >= 11 is 6.42. The number of carbonyl (C=O) groups is 2. The van der Waals surface area contributed by atoms with Crippen LogP contribution in [0.3, 0.4) is 0 Å². The molecule has 1 fully saturated rings. The lowest BCUT2D eigenvalue weighted by Gasteiger charge is -2.55. The maximum absolute atomic E-state index is 13.5. The fourth-order valence-corrected chi connectivity index (χ4v) is 9.63. The number of allylic oxidation sites excluding steroid dienone is 1. The lowest BCUT2D eigenvalue weighted by atomic mass is 9.54. The fraction of sp³-hybridized carbons (Fsp3) is 0.543. The molecule has 2 aliphatic carbocycles. The standard InChI is InChI=1S/C35H43ClN2O6S/c1-23-7-5-15-35(21-39,43-4)31-13-16-33(31,3)19-38-20-34(14-6-8-25-17-27(36)10-11-28(25)34)22-44-30-12-9-26(18-29(30)38)32(40)37-45(41,42)24(23)2/h5,9-12,15,17-18,21,23-24,31H,6-8,13-14,16,19-20,22H2,1-4H3,(H,37,40)/b15-5+/t23-,24+,31+,33?,34-,35+/m0/s1. The Labute approximate surface area is 271 Å². The molecule has 2 aromatic rings. The molecule has 2 aromatic carbocycles. The zero-order chi connectivity index (χ0) is 32.2. The van der Waals surface area contributed by atoms with E-state index in [9.17, 15) is 18.0 Å². The third-order valence-corrected chi connectivity index (χ3v) is 13.3. The number of hydrogen-bond acceptors (Lipinski definition) is 7. The topological polar surface area (TPSA) is 102 Å². The van der Waals surface area contributed by atoms with Crippen molar-refractivity contribution >= 4 is 39.5 Å². The number of rotatable bonds is 2. The molecule has 6 rings (SSSR count). The number of ether oxygens (including phenoxy) is 2. The van der Waals surface area contributed by atoms with Gasteiger partial charge in [0, 0.05) is 42.1 Å². The number of hydrogen-bond donors (Lipinski definition) is 1. The number of aldehydes is 1. The fourth-order valence-electron chi connectivity index (χ4n) is 8.15. The normalized spacial score (nSPS) is 35.1. The number of carbonyl (C=O) groups excluding carboxylic acids is 2. The number of halogens is 1. The molecule has 8 nitrogen and oxygen atoms in total. The molecule has 1 amide bonds. The average molecular weight is 655 g/mol. The van der Waals surface area contributed by atoms with Crippen molar-refractivity contribution in [2.45, 2.75) is 75.6 Å². The molecule has 2 heterocycles. The predicted molar refractivity (Wildman–Crippen MR) is 176 cm³/mol. The highest BCUT2D eigenvalue weighted by atomic mass is 35.5. The van der Waals surface area contributed by atoms with Crippen molar-refractivity contribution in [2.24, 2.45) is 17.3 Å². The number of nitrogens with zero attached hydrogens (tertiary/aromatic N) is 1. The van der Waals surface area contributed by atoms with Crippen molar-refractivity contribution in [3.63, 3.8) is 0 Å². The SMILES string of the molecule is CO[C@@]1(C=O)/C=C/C[C@H](C)[C@@H](C)S(=O)(=O)NC(=O)c2ccc3c(c2)N(CC2(C)CC[C@H]21)C[C@@]1(CCCc2cc(Cl)ccc21)CO3. The summed E-state index contributed by atoms with van der Waals surface area (Å²) in [7, 11) is -2.41. The minimum absolute atomic E-state index is 0.0966. The second-order valence-electron chi connectivity index (χ2n) is 14.0. The molecule has 0 saturated heterocycles. The third kappa shape index (κ3) is 5.59. The first-order valence-electron chi connectivity index (χ1n) is 15.9. The van der Waals surface area contributed by atoms with Gasteiger partial charge in [0.05, 0.1) is 17.5 Å². The van der Waals surface area contributed by atoms with E-state index in [0.717, 1.165) is 44.1 Å². The number of nitrogens with one attached hydrogen (secondary N) is 1. The van der Waals surface area contributed by atoms with Gasteiger partial charge in [-0.25, -0.2) is 13.1 Å². The first-order chi connectivity index (χ1) is 21.4. The molecule has 1 N–H and O–H groups in total. The summed E-state index contributed by atoms with van der Waals surface area (Å²) in [5.74, 6) is -0.430. The van der Waals surface area contributed by atoms with Crippen molar-refractivity contribution in [3.8, 4) is 5.75 Å². The quantitative estimate of drug-likeness (QED) is 0.320. The largest absolute Gasteiger partial charge is 0.490 e. The summed E-state index contributed by atoms with van der Waals surface area (Å²) in [6, 6.07) is 11.3. The number of sulfonamides is 1. The monoisotopic (exact) mass is 654 g/mol. The van der Waals surface area contributed by atoms with Crippen LogP contribution in [-0.2, 0) is 31.4 Å². The molecule has 1 spiro atoms. The summed E-state index contributed by atoms with van der Waals surface area (Å²) in [6.07, 6.45) is 9.58.